The third kappa shape index (κ3) is 2.83. The van der Waals surface area contributed by atoms with Crippen LogP contribution in [0.5, 0.6) is 0 Å². The Hall–Kier alpha value is -1.60. The smallest absolute Gasteiger partial charge is 0.246 e. The Morgan fingerprint density at radius 1 is 1.41 bits per heavy atom. The molecule has 3 heterocycles. The van der Waals surface area contributed by atoms with Gasteiger partial charge in [-0.25, -0.2) is 8.42 Å². The summed E-state index contributed by atoms with van der Waals surface area (Å²) in [6, 6.07) is 1.61. The highest BCUT2D eigenvalue weighted by molar-refractivity contribution is 7.89. The Morgan fingerprint density at radius 2 is 2.18 bits per heavy atom. The van der Waals surface area contributed by atoms with Crippen LogP contribution in [0.15, 0.2) is 27.8 Å². The molecule has 0 radical (unpaired) electrons. The van der Waals surface area contributed by atoms with E-state index in [9.17, 15) is 8.42 Å². The first-order valence-corrected chi connectivity index (χ1v) is 8.85. The van der Waals surface area contributed by atoms with Crippen LogP contribution < -0.4 is 0 Å². The van der Waals surface area contributed by atoms with Crippen molar-refractivity contribution < 1.29 is 12.8 Å². The van der Waals surface area contributed by atoms with Crippen molar-refractivity contribution in [2.75, 3.05) is 13.1 Å². The normalized spacial score (nSPS) is 19.9. The second kappa shape index (κ2) is 5.55. The molecule has 7 heteroatoms. The van der Waals surface area contributed by atoms with E-state index in [0.717, 1.165) is 18.4 Å². The predicted octanol–water partition coefficient (Wildman–Crippen LogP) is 1.88. The maximum atomic E-state index is 12.7. The van der Waals surface area contributed by atoms with Crippen LogP contribution in [-0.4, -0.2) is 35.6 Å². The fourth-order valence-corrected chi connectivity index (χ4v) is 4.85. The Labute approximate surface area is 130 Å². The molecule has 0 saturated carbocycles. The first kappa shape index (κ1) is 15.3. The molecule has 3 rings (SSSR count). The van der Waals surface area contributed by atoms with E-state index in [1.54, 1.807) is 28.9 Å². The summed E-state index contributed by atoms with van der Waals surface area (Å²) in [6.45, 7) is 4.59. The molecule has 2 aromatic rings. The molecule has 22 heavy (non-hydrogen) atoms. The number of aromatic nitrogens is 2. The maximum Gasteiger partial charge on any atom is 0.246 e. The standard InChI is InChI=1S/C15H21N3O3S/c1-11-6-15(12(2)21-11)22(19,20)18-5-4-13(10-18)7-14-8-16-17(3)9-14/h6,8-9,13H,4-5,7,10H2,1-3H3. The van der Waals surface area contributed by atoms with Crippen molar-refractivity contribution in [1.82, 2.24) is 14.1 Å². The van der Waals surface area contributed by atoms with Gasteiger partial charge in [-0.1, -0.05) is 0 Å². The molecule has 1 fully saturated rings. The van der Waals surface area contributed by atoms with Crippen LogP contribution in [0.4, 0.5) is 0 Å². The molecule has 6 nitrogen and oxygen atoms in total. The zero-order valence-electron chi connectivity index (χ0n) is 13.1. The van der Waals surface area contributed by atoms with Crippen molar-refractivity contribution in [3.63, 3.8) is 0 Å². The maximum absolute atomic E-state index is 12.7. The minimum Gasteiger partial charge on any atom is -0.465 e. The molecule has 1 atom stereocenters. The summed E-state index contributed by atoms with van der Waals surface area (Å²) in [5.41, 5.74) is 1.15. The van der Waals surface area contributed by atoms with Gasteiger partial charge in [0.25, 0.3) is 0 Å². The Bertz CT molecular complexity index is 776. The largest absolute Gasteiger partial charge is 0.465 e. The van der Waals surface area contributed by atoms with Gasteiger partial charge in [0.15, 0.2) is 0 Å². The first-order chi connectivity index (χ1) is 10.4. The van der Waals surface area contributed by atoms with Crippen molar-refractivity contribution in [2.24, 2.45) is 13.0 Å². The van der Waals surface area contributed by atoms with Crippen LogP contribution in [0.3, 0.4) is 0 Å². The van der Waals surface area contributed by atoms with Gasteiger partial charge >= 0.3 is 0 Å². The summed E-state index contributed by atoms with van der Waals surface area (Å²) in [5.74, 6) is 1.43. The van der Waals surface area contributed by atoms with Crippen LogP contribution in [0, 0.1) is 19.8 Å². The number of rotatable bonds is 4. The number of aryl methyl sites for hydroxylation is 3. The number of hydrogen-bond donors (Lipinski definition) is 0. The quantitative estimate of drug-likeness (QED) is 0.861. The van der Waals surface area contributed by atoms with Crippen LogP contribution in [-0.2, 0) is 23.5 Å². The molecule has 1 aliphatic rings. The molecule has 0 aromatic carbocycles. The summed E-state index contributed by atoms with van der Waals surface area (Å²) >= 11 is 0. The minimum absolute atomic E-state index is 0.298. The molecule has 120 valence electrons. The molecule has 0 N–H and O–H groups in total. The summed E-state index contributed by atoms with van der Waals surface area (Å²) in [5, 5.41) is 4.16. The van der Waals surface area contributed by atoms with E-state index in [-0.39, 0.29) is 0 Å². The van der Waals surface area contributed by atoms with Crippen molar-refractivity contribution in [3.05, 3.63) is 35.5 Å². The van der Waals surface area contributed by atoms with E-state index in [0.29, 0.717) is 35.4 Å². The highest BCUT2D eigenvalue weighted by atomic mass is 32.2. The number of furan rings is 1. The average molecular weight is 323 g/mol. The molecule has 0 aliphatic carbocycles. The van der Waals surface area contributed by atoms with Gasteiger partial charge in [0.1, 0.15) is 16.4 Å². The molecule has 1 aliphatic heterocycles. The molecule has 0 bridgehead atoms. The number of sulfonamides is 1. The zero-order valence-corrected chi connectivity index (χ0v) is 13.9. The third-order valence-electron chi connectivity index (χ3n) is 4.14. The highest BCUT2D eigenvalue weighted by Crippen LogP contribution is 2.29. The predicted molar refractivity (Wildman–Crippen MR) is 82.0 cm³/mol. The summed E-state index contributed by atoms with van der Waals surface area (Å²) in [4.78, 5) is 0.298. The average Bonchev–Trinajstić information content (AvgIpc) is 3.12. The molecular weight excluding hydrogens is 302 g/mol. The van der Waals surface area contributed by atoms with E-state index in [1.165, 1.54) is 0 Å². The van der Waals surface area contributed by atoms with Gasteiger partial charge < -0.3 is 4.42 Å². The summed E-state index contributed by atoms with van der Waals surface area (Å²) in [7, 11) is -1.56. The summed E-state index contributed by atoms with van der Waals surface area (Å²) < 4.78 is 34.2. The molecule has 1 unspecified atom stereocenters. The van der Waals surface area contributed by atoms with Crippen LogP contribution in [0.2, 0.25) is 0 Å². The Morgan fingerprint density at radius 3 is 2.77 bits per heavy atom. The van der Waals surface area contributed by atoms with Crippen molar-refractivity contribution >= 4 is 10.0 Å². The molecule has 1 saturated heterocycles. The van der Waals surface area contributed by atoms with Gasteiger partial charge in [-0.2, -0.15) is 9.40 Å². The SMILES string of the molecule is Cc1cc(S(=O)(=O)N2CCC(Cc3cnn(C)c3)C2)c(C)o1. The fraction of sp³-hybridized carbons (Fsp3) is 0.533. The van der Waals surface area contributed by atoms with Gasteiger partial charge in [-0.05, 0) is 44.2 Å². The van der Waals surface area contributed by atoms with Gasteiger partial charge in [0.2, 0.25) is 10.0 Å². The third-order valence-corrected chi connectivity index (χ3v) is 6.12. The highest BCUT2D eigenvalue weighted by Gasteiger charge is 2.34. The number of nitrogens with zero attached hydrogens (tertiary/aromatic N) is 3. The summed E-state index contributed by atoms with van der Waals surface area (Å²) in [6.07, 6.45) is 5.58. The lowest BCUT2D eigenvalue weighted by Crippen LogP contribution is -2.29. The second-order valence-corrected chi connectivity index (χ2v) is 7.93. The Kier molecular flexibility index (Phi) is 3.86. The van der Waals surface area contributed by atoms with Gasteiger partial charge in [-0.3, -0.25) is 4.68 Å². The van der Waals surface area contributed by atoms with E-state index in [1.807, 2.05) is 19.4 Å². The monoisotopic (exact) mass is 323 g/mol. The fourth-order valence-electron chi connectivity index (χ4n) is 3.10. The first-order valence-electron chi connectivity index (χ1n) is 7.41. The minimum atomic E-state index is -3.45. The number of hydrogen-bond acceptors (Lipinski definition) is 4. The van der Waals surface area contributed by atoms with E-state index >= 15 is 0 Å². The van der Waals surface area contributed by atoms with Gasteiger partial charge in [0, 0.05) is 26.3 Å². The van der Waals surface area contributed by atoms with Crippen molar-refractivity contribution in [1.29, 1.82) is 0 Å². The van der Waals surface area contributed by atoms with Gasteiger partial charge in [0.05, 0.1) is 6.20 Å². The van der Waals surface area contributed by atoms with Crippen LogP contribution in [0.25, 0.3) is 0 Å². The molecule has 0 spiro atoms. The van der Waals surface area contributed by atoms with E-state index in [4.69, 9.17) is 4.42 Å². The van der Waals surface area contributed by atoms with Crippen LogP contribution >= 0.6 is 0 Å². The van der Waals surface area contributed by atoms with Crippen molar-refractivity contribution in [3.8, 4) is 0 Å². The van der Waals surface area contributed by atoms with Crippen molar-refractivity contribution in [2.45, 2.75) is 31.6 Å². The topological polar surface area (TPSA) is 68.3 Å². The van der Waals surface area contributed by atoms with Gasteiger partial charge in [-0.15, -0.1) is 0 Å². The molecule has 2 aromatic heterocycles. The lowest BCUT2D eigenvalue weighted by atomic mass is 10.0. The lowest BCUT2D eigenvalue weighted by Gasteiger charge is -2.15. The second-order valence-electron chi connectivity index (χ2n) is 6.02. The van der Waals surface area contributed by atoms with E-state index in [2.05, 4.69) is 5.10 Å². The Balaban J connectivity index is 1.73. The lowest BCUT2D eigenvalue weighted by molar-refractivity contribution is 0.451. The molecule has 0 amide bonds. The molecular formula is C15H21N3O3S. The zero-order chi connectivity index (χ0) is 15.9. The van der Waals surface area contributed by atoms with E-state index < -0.39 is 10.0 Å². The van der Waals surface area contributed by atoms with Crippen LogP contribution in [0.1, 0.15) is 23.5 Å².